The average molecular weight is 299 g/mol. The summed E-state index contributed by atoms with van der Waals surface area (Å²) in [6.45, 7) is 4.90. The van der Waals surface area contributed by atoms with Crippen molar-refractivity contribution in [1.82, 2.24) is 25.2 Å². The standard InChI is InChI=1S/C11H17N5O3S/c1-3-12-6-9-4-5-10(19-9)20(17,18)16-8(2)11-13-7-14-15-11/h4-5,7-8,12,16H,3,6H2,1-2H3,(H,13,14,15). The summed E-state index contributed by atoms with van der Waals surface area (Å²) in [6, 6.07) is 2.54. The molecule has 1 unspecified atom stereocenters. The Bertz CT molecular complexity index is 635. The highest BCUT2D eigenvalue weighted by atomic mass is 32.2. The summed E-state index contributed by atoms with van der Waals surface area (Å²) in [5.41, 5.74) is 0. The van der Waals surface area contributed by atoms with Crippen LogP contribution in [0.4, 0.5) is 0 Å². The predicted octanol–water partition coefficient (Wildman–Crippen LogP) is 0.547. The molecule has 2 aromatic rings. The molecule has 110 valence electrons. The fourth-order valence-electron chi connectivity index (χ4n) is 1.62. The Labute approximate surface area is 117 Å². The first-order valence-electron chi connectivity index (χ1n) is 6.20. The van der Waals surface area contributed by atoms with Crippen LogP contribution in [0.5, 0.6) is 0 Å². The summed E-state index contributed by atoms with van der Waals surface area (Å²) < 4.78 is 32.1. The van der Waals surface area contributed by atoms with Gasteiger partial charge in [0.25, 0.3) is 10.0 Å². The molecule has 0 aromatic carbocycles. The van der Waals surface area contributed by atoms with Gasteiger partial charge in [-0.05, 0) is 25.6 Å². The van der Waals surface area contributed by atoms with Crippen LogP contribution in [0.15, 0.2) is 28.0 Å². The van der Waals surface area contributed by atoms with Crippen molar-refractivity contribution in [3.63, 3.8) is 0 Å². The number of sulfonamides is 1. The van der Waals surface area contributed by atoms with Crippen LogP contribution in [0.2, 0.25) is 0 Å². The van der Waals surface area contributed by atoms with E-state index in [-0.39, 0.29) is 5.09 Å². The van der Waals surface area contributed by atoms with E-state index in [2.05, 4.69) is 25.2 Å². The Morgan fingerprint density at radius 2 is 2.25 bits per heavy atom. The minimum absolute atomic E-state index is 0.114. The van der Waals surface area contributed by atoms with Crippen LogP contribution in [0.25, 0.3) is 0 Å². The molecule has 0 saturated carbocycles. The summed E-state index contributed by atoms with van der Waals surface area (Å²) in [4.78, 5) is 3.91. The number of aromatic amines is 1. The Balaban J connectivity index is 2.08. The summed E-state index contributed by atoms with van der Waals surface area (Å²) in [5, 5.41) is 9.24. The third-order valence-corrected chi connectivity index (χ3v) is 4.04. The molecule has 0 amide bonds. The fraction of sp³-hybridized carbons (Fsp3) is 0.455. The van der Waals surface area contributed by atoms with E-state index in [9.17, 15) is 8.42 Å². The number of nitrogens with zero attached hydrogens (tertiary/aromatic N) is 2. The van der Waals surface area contributed by atoms with E-state index in [1.54, 1.807) is 13.0 Å². The number of H-pyrrole nitrogens is 1. The van der Waals surface area contributed by atoms with Gasteiger partial charge in [-0.2, -0.15) is 9.82 Å². The maximum Gasteiger partial charge on any atom is 0.274 e. The second-order valence-electron chi connectivity index (χ2n) is 4.21. The van der Waals surface area contributed by atoms with Crippen molar-refractivity contribution in [3.8, 4) is 0 Å². The molecule has 0 aliphatic heterocycles. The van der Waals surface area contributed by atoms with Crippen LogP contribution < -0.4 is 10.0 Å². The zero-order chi connectivity index (χ0) is 14.6. The Morgan fingerprint density at radius 3 is 2.90 bits per heavy atom. The molecule has 1 atom stereocenters. The highest BCUT2D eigenvalue weighted by Gasteiger charge is 2.23. The Morgan fingerprint density at radius 1 is 1.45 bits per heavy atom. The van der Waals surface area contributed by atoms with E-state index in [0.717, 1.165) is 6.54 Å². The first kappa shape index (κ1) is 14.7. The van der Waals surface area contributed by atoms with Gasteiger partial charge in [0.15, 0.2) is 0 Å². The van der Waals surface area contributed by atoms with Gasteiger partial charge in [0.2, 0.25) is 5.09 Å². The molecule has 0 aliphatic rings. The van der Waals surface area contributed by atoms with E-state index >= 15 is 0 Å². The number of aromatic nitrogens is 3. The molecule has 2 rings (SSSR count). The van der Waals surface area contributed by atoms with Gasteiger partial charge in [-0.1, -0.05) is 6.92 Å². The Hall–Kier alpha value is -1.71. The van der Waals surface area contributed by atoms with Gasteiger partial charge in [0.1, 0.15) is 17.9 Å². The van der Waals surface area contributed by atoms with Gasteiger partial charge >= 0.3 is 0 Å². The quantitative estimate of drug-likeness (QED) is 0.688. The first-order chi connectivity index (χ1) is 9.53. The lowest BCUT2D eigenvalue weighted by atomic mass is 10.3. The largest absolute Gasteiger partial charge is 0.447 e. The molecule has 0 radical (unpaired) electrons. The maximum atomic E-state index is 12.1. The minimum Gasteiger partial charge on any atom is -0.447 e. The summed E-state index contributed by atoms with van der Waals surface area (Å²) in [6.07, 6.45) is 1.32. The van der Waals surface area contributed by atoms with Crippen LogP contribution in [0, 0.1) is 0 Å². The molecule has 0 aliphatic carbocycles. The van der Waals surface area contributed by atoms with E-state index < -0.39 is 16.1 Å². The molecule has 0 saturated heterocycles. The number of nitrogens with one attached hydrogen (secondary N) is 3. The molecule has 0 spiro atoms. The normalized spacial score (nSPS) is 13.5. The third kappa shape index (κ3) is 3.44. The zero-order valence-electron chi connectivity index (χ0n) is 11.3. The monoisotopic (exact) mass is 299 g/mol. The minimum atomic E-state index is -3.72. The van der Waals surface area contributed by atoms with E-state index in [0.29, 0.717) is 18.1 Å². The van der Waals surface area contributed by atoms with Crippen molar-refractivity contribution in [1.29, 1.82) is 0 Å². The third-order valence-electron chi connectivity index (χ3n) is 2.63. The van der Waals surface area contributed by atoms with E-state index in [4.69, 9.17) is 4.42 Å². The molecule has 0 bridgehead atoms. The van der Waals surface area contributed by atoms with Gasteiger partial charge in [-0.25, -0.2) is 13.4 Å². The fourth-order valence-corrected chi connectivity index (χ4v) is 2.77. The maximum absolute atomic E-state index is 12.1. The number of furan rings is 1. The molecular formula is C11H17N5O3S. The first-order valence-corrected chi connectivity index (χ1v) is 7.68. The van der Waals surface area contributed by atoms with Gasteiger partial charge in [-0.15, -0.1) is 0 Å². The van der Waals surface area contributed by atoms with Gasteiger partial charge < -0.3 is 9.73 Å². The Kier molecular flexibility index (Phi) is 4.53. The van der Waals surface area contributed by atoms with Gasteiger partial charge in [-0.3, -0.25) is 5.10 Å². The second-order valence-corrected chi connectivity index (χ2v) is 5.86. The molecule has 8 nitrogen and oxygen atoms in total. The highest BCUT2D eigenvalue weighted by Crippen LogP contribution is 2.16. The zero-order valence-corrected chi connectivity index (χ0v) is 12.1. The van der Waals surface area contributed by atoms with Crippen LogP contribution in [0.1, 0.15) is 31.5 Å². The summed E-state index contributed by atoms with van der Waals surface area (Å²) in [5.74, 6) is 1.01. The van der Waals surface area contributed by atoms with Crippen molar-refractivity contribution < 1.29 is 12.8 Å². The van der Waals surface area contributed by atoms with Crippen molar-refractivity contribution in [3.05, 3.63) is 30.0 Å². The SMILES string of the molecule is CCNCc1ccc(S(=O)(=O)NC(C)c2ncn[nH]2)o1. The molecule has 20 heavy (non-hydrogen) atoms. The van der Waals surface area contributed by atoms with Crippen LogP contribution in [-0.2, 0) is 16.6 Å². The highest BCUT2D eigenvalue weighted by molar-refractivity contribution is 7.89. The van der Waals surface area contributed by atoms with Gasteiger partial charge in [0.05, 0.1) is 12.6 Å². The molecule has 9 heteroatoms. The lowest BCUT2D eigenvalue weighted by Crippen LogP contribution is -2.27. The van der Waals surface area contributed by atoms with E-state index in [1.807, 2.05) is 6.92 Å². The smallest absolute Gasteiger partial charge is 0.274 e. The lowest BCUT2D eigenvalue weighted by molar-refractivity contribution is 0.399. The lowest BCUT2D eigenvalue weighted by Gasteiger charge is -2.09. The predicted molar refractivity (Wildman–Crippen MR) is 71.2 cm³/mol. The molecule has 2 heterocycles. The number of hydrogen-bond donors (Lipinski definition) is 3. The van der Waals surface area contributed by atoms with Crippen molar-refractivity contribution >= 4 is 10.0 Å². The van der Waals surface area contributed by atoms with Gasteiger partial charge in [0, 0.05) is 0 Å². The van der Waals surface area contributed by atoms with Crippen LogP contribution in [0.3, 0.4) is 0 Å². The van der Waals surface area contributed by atoms with Crippen LogP contribution in [-0.4, -0.2) is 30.1 Å². The van der Waals surface area contributed by atoms with E-state index in [1.165, 1.54) is 12.4 Å². The summed E-state index contributed by atoms with van der Waals surface area (Å²) >= 11 is 0. The summed E-state index contributed by atoms with van der Waals surface area (Å²) in [7, 11) is -3.72. The average Bonchev–Trinajstić information content (AvgIpc) is 3.07. The van der Waals surface area contributed by atoms with Crippen molar-refractivity contribution in [2.45, 2.75) is 31.5 Å². The molecule has 0 fully saturated rings. The van der Waals surface area contributed by atoms with Crippen molar-refractivity contribution in [2.24, 2.45) is 0 Å². The van der Waals surface area contributed by atoms with Crippen molar-refractivity contribution in [2.75, 3.05) is 6.54 Å². The number of rotatable bonds is 7. The molecule has 3 N–H and O–H groups in total. The molecule has 2 aromatic heterocycles. The topological polar surface area (TPSA) is 113 Å². The number of hydrogen-bond acceptors (Lipinski definition) is 6. The van der Waals surface area contributed by atoms with Crippen LogP contribution >= 0.6 is 0 Å². The second kappa shape index (κ2) is 6.16. The molecular weight excluding hydrogens is 282 g/mol.